The Hall–Kier alpha value is -0.930. The maximum atomic E-state index is 6.07. The summed E-state index contributed by atoms with van der Waals surface area (Å²) in [5, 5.41) is 7.07. The molecule has 1 aromatic rings. The number of hydrogen-bond donors (Lipinski definition) is 2. The number of halogens is 1. The van der Waals surface area contributed by atoms with Crippen molar-refractivity contribution in [1.29, 1.82) is 0 Å². The Morgan fingerprint density at radius 3 is 2.75 bits per heavy atom. The average molecular weight is 243 g/mol. The second-order valence-corrected chi connectivity index (χ2v) is 3.87. The molecule has 0 bridgehead atoms. The molecule has 0 saturated heterocycles. The lowest BCUT2D eigenvalue weighted by molar-refractivity contribution is 0.340. The highest BCUT2D eigenvalue weighted by atomic mass is 35.5. The van der Waals surface area contributed by atoms with Crippen molar-refractivity contribution in [2.75, 3.05) is 32.1 Å². The van der Waals surface area contributed by atoms with E-state index in [-0.39, 0.29) is 0 Å². The molecule has 0 aliphatic heterocycles. The van der Waals surface area contributed by atoms with Crippen LogP contribution in [0.15, 0.2) is 18.2 Å². The van der Waals surface area contributed by atoms with Gasteiger partial charge in [0.15, 0.2) is 0 Å². The Morgan fingerprint density at radius 2 is 2.12 bits per heavy atom. The van der Waals surface area contributed by atoms with E-state index >= 15 is 0 Å². The van der Waals surface area contributed by atoms with Gasteiger partial charge in [0.25, 0.3) is 0 Å². The van der Waals surface area contributed by atoms with Crippen molar-refractivity contribution in [3.05, 3.63) is 23.2 Å². The fourth-order valence-corrected chi connectivity index (χ4v) is 1.62. The van der Waals surface area contributed by atoms with Crippen LogP contribution in [-0.4, -0.2) is 26.7 Å². The summed E-state index contributed by atoms with van der Waals surface area (Å²) in [6, 6.07) is 5.77. The first kappa shape index (κ1) is 13.1. The molecule has 90 valence electrons. The van der Waals surface area contributed by atoms with Gasteiger partial charge in [0.05, 0.1) is 11.6 Å². The Labute approximate surface area is 102 Å². The summed E-state index contributed by atoms with van der Waals surface area (Å²) >= 11 is 6.07. The molecule has 3 nitrogen and oxygen atoms in total. The Morgan fingerprint density at radius 1 is 1.31 bits per heavy atom. The fraction of sp³-hybridized carbons (Fsp3) is 0.500. The van der Waals surface area contributed by atoms with Crippen molar-refractivity contribution in [2.24, 2.45) is 0 Å². The fourth-order valence-electron chi connectivity index (χ4n) is 1.38. The van der Waals surface area contributed by atoms with E-state index in [2.05, 4.69) is 10.6 Å². The second kappa shape index (κ2) is 7.36. The van der Waals surface area contributed by atoms with Crippen molar-refractivity contribution < 1.29 is 4.74 Å². The van der Waals surface area contributed by atoms with Crippen LogP contribution < -0.4 is 15.4 Å². The summed E-state index contributed by atoms with van der Waals surface area (Å²) in [5.74, 6) is 0.741. The summed E-state index contributed by atoms with van der Waals surface area (Å²) in [6.07, 6.45) is 1.08. The van der Waals surface area contributed by atoms with Gasteiger partial charge < -0.3 is 15.4 Å². The van der Waals surface area contributed by atoms with Crippen molar-refractivity contribution in [3.8, 4) is 5.75 Å². The van der Waals surface area contributed by atoms with Crippen LogP contribution >= 0.6 is 11.6 Å². The predicted molar refractivity (Wildman–Crippen MR) is 69.7 cm³/mol. The van der Waals surface area contributed by atoms with Crippen molar-refractivity contribution in [3.63, 3.8) is 0 Å². The highest BCUT2D eigenvalue weighted by molar-refractivity contribution is 6.32. The largest absolute Gasteiger partial charge is 0.492 e. The molecule has 1 rings (SSSR count). The summed E-state index contributed by atoms with van der Waals surface area (Å²) in [6.45, 7) is 4.53. The predicted octanol–water partition coefficient (Wildman–Crippen LogP) is 2.76. The van der Waals surface area contributed by atoms with Gasteiger partial charge in [-0.3, -0.25) is 0 Å². The Kier molecular flexibility index (Phi) is 6.04. The zero-order valence-electron chi connectivity index (χ0n) is 9.85. The van der Waals surface area contributed by atoms with Gasteiger partial charge in [-0.1, -0.05) is 11.6 Å². The third kappa shape index (κ3) is 4.29. The summed E-state index contributed by atoms with van der Waals surface area (Å²) in [5.41, 5.74) is 1.03. The zero-order chi connectivity index (χ0) is 11.8. The Bertz CT molecular complexity index is 318. The molecule has 0 heterocycles. The molecular weight excluding hydrogens is 224 g/mol. The maximum absolute atomic E-state index is 6.07. The first-order valence-corrected chi connectivity index (χ1v) is 5.96. The van der Waals surface area contributed by atoms with Crippen LogP contribution in [0.5, 0.6) is 5.75 Å². The van der Waals surface area contributed by atoms with Crippen LogP contribution in [0.3, 0.4) is 0 Å². The molecule has 0 aliphatic carbocycles. The van der Waals surface area contributed by atoms with Gasteiger partial charge in [-0.05, 0) is 45.1 Å². The molecule has 0 amide bonds. The molecule has 0 saturated carbocycles. The molecule has 0 aliphatic rings. The molecule has 16 heavy (non-hydrogen) atoms. The zero-order valence-corrected chi connectivity index (χ0v) is 10.6. The minimum absolute atomic E-state index is 0.634. The lowest BCUT2D eigenvalue weighted by Gasteiger charge is -2.09. The molecule has 0 unspecified atom stereocenters. The standard InChI is InChI=1S/C12H19ClN2O/c1-3-16-12-6-5-10(9-11(12)13)15-8-4-7-14-2/h5-6,9,14-15H,3-4,7-8H2,1-2H3. The topological polar surface area (TPSA) is 33.3 Å². The first-order chi connectivity index (χ1) is 7.77. The molecule has 2 N–H and O–H groups in total. The molecule has 0 atom stereocenters. The summed E-state index contributed by atoms with van der Waals surface area (Å²) in [4.78, 5) is 0. The van der Waals surface area contributed by atoms with E-state index in [4.69, 9.17) is 16.3 Å². The molecular formula is C12H19ClN2O. The smallest absolute Gasteiger partial charge is 0.138 e. The molecule has 0 fully saturated rings. The highest BCUT2D eigenvalue weighted by Gasteiger charge is 2.01. The van der Waals surface area contributed by atoms with E-state index in [0.717, 1.165) is 30.9 Å². The van der Waals surface area contributed by atoms with E-state index in [1.807, 2.05) is 32.2 Å². The molecule has 0 radical (unpaired) electrons. The highest BCUT2D eigenvalue weighted by Crippen LogP contribution is 2.27. The molecule has 4 heteroatoms. The van der Waals surface area contributed by atoms with Gasteiger partial charge in [-0.15, -0.1) is 0 Å². The van der Waals surface area contributed by atoms with Crippen LogP contribution in [0, 0.1) is 0 Å². The number of ether oxygens (including phenoxy) is 1. The molecule has 1 aromatic carbocycles. The van der Waals surface area contributed by atoms with Gasteiger partial charge in [-0.25, -0.2) is 0 Å². The summed E-state index contributed by atoms with van der Waals surface area (Å²) < 4.78 is 5.36. The van der Waals surface area contributed by atoms with Gasteiger partial charge >= 0.3 is 0 Å². The number of benzene rings is 1. The van der Waals surface area contributed by atoms with Gasteiger partial charge in [0, 0.05) is 12.2 Å². The van der Waals surface area contributed by atoms with E-state index in [1.54, 1.807) is 0 Å². The van der Waals surface area contributed by atoms with E-state index in [0.29, 0.717) is 11.6 Å². The number of nitrogens with one attached hydrogen (secondary N) is 2. The average Bonchev–Trinajstić information content (AvgIpc) is 2.28. The number of hydrogen-bond acceptors (Lipinski definition) is 3. The third-order valence-corrected chi connectivity index (χ3v) is 2.46. The molecule has 0 aromatic heterocycles. The minimum Gasteiger partial charge on any atom is -0.492 e. The van der Waals surface area contributed by atoms with Crippen LogP contribution in [0.4, 0.5) is 5.69 Å². The van der Waals surface area contributed by atoms with Crippen LogP contribution in [0.25, 0.3) is 0 Å². The van der Waals surface area contributed by atoms with E-state index in [1.165, 1.54) is 0 Å². The van der Waals surface area contributed by atoms with E-state index < -0.39 is 0 Å². The van der Waals surface area contributed by atoms with Crippen LogP contribution in [0.1, 0.15) is 13.3 Å². The minimum atomic E-state index is 0.634. The SMILES string of the molecule is CCOc1ccc(NCCCNC)cc1Cl. The maximum Gasteiger partial charge on any atom is 0.138 e. The number of anilines is 1. The normalized spacial score (nSPS) is 10.2. The van der Waals surface area contributed by atoms with Crippen LogP contribution in [-0.2, 0) is 0 Å². The quantitative estimate of drug-likeness (QED) is 0.722. The van der Waals surface area contributed by atoms with Crippen molar-refractivity contribution in [2.45, 2.75) is 13.3 Å². The first-order valence-electron chi connectivity index (χ1n) is 5.58. The van der Waals surface area contributed by atoms with Crippen molar-refractivity contribution in [1.82, 2.24) is 5.32 Å². The lowest BCUT2D eigenvalue weighted by Crippen LogP contribution is -2.12. The monoisotopic (exact) mass is 242 g/mol. The second-order valence-electron chi connectivity index (χ2n) is 3.46. The number of rotatable bonds is 7. The lowest BCUT2D eigenvalue weighted by atomic mass is 10.3. The third-order valence-electron chi connectivity index (χ3n) is 2.16. The van der Waals surface area contributed by atoms with E-state index in [9.17, 15) is 0 Å². The Balaban J connectivity index is 2.46. The van der Waals surface area contributed by atoms with Crippen LogP contribution in [0.2, 0.25) is 5.02 Å². The summed E-state index contributed by atoms with van der Waals surface area (Å²) in [7, 11) is 1.95. The van der Waals surface area contributed by atoms with Gasteiger partial charge in [-0.2, -0.15) is 0 Å². The van der Waals surface area contributed by atoms with Crippen molar-refractivity contribution >= 4 is 17.3 Å². The van der Waals surface area contributed by atoms with Gasteiger partial charge in [0.1, 0.15) is 5.75 Å². The van der Waals surface area contributed by atoms with Gasteiger partial charge in [0.2, 0.25) is 0 Å². The molecule has 0 spiro atoms.